The lowest BCUT2D eigenvalue weighted by molar-refractivity contribution is 0.591. The SMILES string of the molecule is Cc1ccc(-c2c(-n3c4ccccc4c4cc(C(C)(C)C)ccc43)c(-c3ccccc3)nc(-n3c4ccccc4c4cc(C(C)(C)C)ccc43)c2-n2c3ccccc3c3cc(C(C)(C)C)ccc32)cc1C#N. The summed E-state index contributed by atoms with van der Waals surface area (Å²) in [5, 5.41) is 17.9. The molecular formula is C67H59N5. The number of nitriles is 1. The van der Waals surface area contributed by atoms with Gasteiger partial charge in [-0.3, -0.25) is 4.57 Å². The van der Waals surface area contributed by atoms with Gasteiger partial charge >= 0.3 is 0 Å². The third kappa shape index (κ3) is 6.99. The van der Waals surface area contributed by atoms with Crippen molar-refractivity contribution < 1.29 is 0 Å². The summed E-state index contributed by atoms with van der Waals surface area (Å²) >= 11 is 0. The van der Waals surface area contributed by atoms with Crippen LogP contribution in [-0.2, 0) is 16.2 Å². The molecule has 0 aliphatic rings. The topological polar surface area (TPSA) is 51.5 Å². The summed E-state index contributed by atoms with van der Waals surface area (Å²) in [5.74, 6) is 0.791. The summed E-state index contributed by atoms with van der Waals surface area (Å²) in [5.41, 5.74) is 17.2. The molecule has 12 rings (SSSR count). The van der Waals surface area contributed by atoms with Gasteiger partial charge in [-0.25, -0.2) is 4.98 Å². The van der Waals surface area contributed by atoms with Gasteiger partial charge in [0.2, 0.25) is 0 Å². The van der Waals surface area contributed by atoms with Gasteiger partial charge < -0.3 is 9.13 Å². The number of rotatable bonds is 5. The summed E-state index contributed by atoms with van der Waals surface area (Å²) in [6, 6.07) is 67.2. The second-order valence-corrected chi connectivity index (χ2v) is 22.9. The van der Waals surface area contributed by atoms with Crippen LogP contribution in [0.1, 0.15) is 90.1 Å². The van der Waals surface area contributed by atoms with Gasteiger partial charge in [-0.15, -0.1) is 0 Å². The molecule has 0 bridgehead atoms. The highest BCUT2D eigenvalue weighted by atomic mass is 15.1. The molecule has 0 amide bonds. The molecule has 0 atom stereocenters. The van der Waals surface area contributed by atoms with Crippen LogP contribution < -0.4 is 0 Å². The summed E-state index contributed by atoms with van der Waals surface area (Å²) in [6.45, 7) is 22.6. The molecule has 4 heterocycles. The first-order chi connectivity index (χ1) is 34.5. The van der Waals surface area contributed by atoms with Crippen LogP contribution in [0, 0.1) is 18.3 Å². The van der Waals surface area contributed by atoms with Gasteiger partial charge in [0, 0.05) is 43.4 Å². The third-order valence-corrected chi connectivity index (χ3v) is 15.1. The lowest BCUT2D eigenvalue weighted by Gasteiger charge is -2.27. The Balaban J connectivity index is 1.39. The van der Waals surface area contributed by atoms with E-state index < -0.39 is 0 Å². The Bertz CT molecular complexity index is 4220. The Morgan fingerprint density at radius 3 is 1.25 bits per heavy atom. The fraction of sp³-hybridized carbons (Fsp3) is 0.194. The van der Waals surface area contributed by atoms with E-state index >= 15 is 0 Å². The highest BCUT2D eigenvalue weighted by molar-refractivity contribution is 6.15. The molecule has 0 saturated carbocycles. The lowest BCUT2D eigenvalue weighted by atomic mass is 9.86. The molecule has 5 nitrogen and oxygen atoms in total. The van der Waals surface area contributed by atoms with Gasteiger partial charge in [-0.05, 0) is 112 Å². The van der Waals surface area contributed by atoms with E-state index in [0.29, 0.717) is 5.56 Å². The van der Waals surface area contributed by atoms with Crippen LogP contribution in [0.15, 0.2) is 176 Å². The quantitative estimate of drug-likeness (QED) is 0.173. The molecule has 0 aliphatic heterocycles. The Hall–Kier alpha value is -8.20. The number of benzene rings is 8. The first-order valence-electron chi connectivity index (χ1n) is 25.3. The number of hydrogen-bond acceptors (Lipinski definition) is 2. The van der Waals surface area contributed by atoms with Crippen molar-refractivity contribution >= 4 is 65.4 Å². The predicted octanol–water partition coefficient (Wildman–Crippen LogP) is 17.8. The van der Waals surface area contributed by atoms with Crippen molar-refractivity contribution in [2.45, 2.75) is 85.5 Å². The predicted molar refractivity (Wildman–Crippen MR) is 304 cm³/mol. The molecule has 0 unspecified atom stereocenters. The van der Waals surface area contributed by atoms with Crippen LogP contribution in [0.4, 0.5) is 0 Å². The molecule has 8 aromatic carbocycles. The zero-order valence-electron chi connectivity index (χ0n) is 43.0. The molecule has 352 valence electrons. The van der Waals surface area contributed by atoms with Gasteiger partial charge in [0.1, 0.15) is 0 Å². The van der Waals surface area contributed by atoms with E-state index in [0.717, 1.165) is 89.0 Å². The minimum Gasteiger partial charge on any atom is -0.306 e. The monoisotopic (exact) mass is 933 g/mol. The van der Waals surface area contributed by atoms with Crippen molar-refractivity contribution in [3.05, 3.63) is 204 Å². The van der Waals surface area contributed by atoms with Crippen molar-refractivity contribution in [1.82, 2.24) is 18.7 Å². The first kappa shape index (κ1) is 45.0. The lowest BCUT2D eigenvalue weighted by Crippen LogP contribution is -2.14. The van der Waals surface area contributed by atoms with Crippen LogP contribution in [0.25, 0.3) is 105 Å². The van der Waals surface area contributed by atoms with Crippen molar-refractivity contribution in [2.24, 2.45) is 0 Å². The number of nitrogens with zero attached hydrogens (tertiary/aromatic N) is 5. The Kier molecular flexibility index (Phi) is 10.1. The molecule has 5 heteroatoms. The smallest absolute Gasteiger partial charge is 0.163 e. The molecule has 72 heavy (non-hydrogen) atoms. The fourth-order valence-corrected chi connectivity index (χ4v) is 11.1. The van der Waals surface area contributed by atoms with Crippen molar-refractivity contribution in [3.63, 3.8) is 0 Å². The maximum absolute atomic E-state index is 10.9. The largest absolute Gasteiger partial charge is 0.306 e. The Morgan fingerprint density at radius 2 is 0.792 bits per heavy atom. The molecule has 0 radical (unpaired) electrons. The van der Waals surface area contributed by atoms with Crippen LogP contribution in [0.5, 0.6) is 0 Å². The number of aromatic nitrogens is 4. The second-order valence-electron chi connectivity index (χ2n) is 22.9. The van der Waals surface area contributed by atoms with Gasteiger partial charge in [-0.1, -0.05) is 178 Å². The van der Waals surface area contributed by atoms with Crippen LogP contribution >= 0.6 is 0 Å². The first-order valence-corrected chi connectivity index (χ1v) is 25.3. The summed E-state index contributed by atoms with van der Waals surface area (Å²) in [6.07, 6.45) is 0. The maximum Gasteiger partial charge on any atom is 0.163 e. The van der Waals surface area contributed by atoms with Crippen LogP contribution in [-0.4, -0.2) is 18.7 Å². The molecule has 0 saturated heterocycles. The Labute approximate surface area is 422 Å². The zero-order chi connectivity index (χ0) is 50.0. The average molecular weight is 934 g/mol. The third-order valence-electron chi connectivity index (χ3n) is 15.1. The van der Waals surface area contributed by atoms with Crippen molar-refractivity contribution in [2.75, 3.05) is 0 Å². The van der Waals surface area contributed by atoms with Gasteiger partial charge in [0.15, 0.2) is 5.82 Å². The highest BCUT2D eigenvalue weighted by Gasteiger charge is 2.32. The van der Waals surface area contributed by atoms with E-state index in [4.69, 9.17) is 4.98 Å². The summed E-state index contributed by atoms with van der Waals surface area (Å²) < 4.78 is 7.36. The number of fused-ring (bicyclic) bond motifs is 9. The van der Waals surface area contributed by atoms with E-state index in [1.54, 1.807) is 0 Å². The number of para-hydroxylation sites is 3. The molecule has 0 spiro atoms. The van der Waals surface area contributed by atoms with Crippen LogP contribution in [0.2, 0.25) is 0 Å². The second kappa shape index (κ2) is 16.2. The highest BCUT2D eigenvalue weighted by Crippen LogP contribution is 2.49. The molecule has 12 aromatic rings. The van der Waals surface area contributed by atoms with Gasteiger partial charge in [-0.2, -0.15) is 5.26 Å². The van der Waals surface area contributed by atoms with E-state index in [1.165, 1.54) is 38.2 Å². The number of pyridine rings is 1. The molecular weight excluding hydrogens is 875 g/mol. The van der Waals surface area contributed by atoms with Gasteiger partial charge in [0.05, 0.1) is 61.8 Å². The summed E-state index contributed by atoms with van der Waals surface area (Å²) in [4.78, 5) is 6.21. The van der Waals surface area contributed by atoms with E-state index in [1.807, 2.05) is 6.92 Å². The number of aryl methyl sites for hydroxylation is 1. The molecule has 0 aliphatic carbocycles. The average Bonchev–Trinajstić information content (AvgIpc) is 4.00. The summed E-state index contributed by atoms with van der Waals surface area (Å²) in [7, 11) is 0. The van der Waals surface area contributed by atoms with Gasteiger partial charge in [0.25, 0.3) is 0 Å². The zero-order valence-corrected chi connectivity index (χ0v) is 43.0. The molecule has 0 N–H and O–H groups in total. The number of hydrogen-bond donors (Lipinski definition) is 0. The van der Waals surface area contributed by atoms with Crippen LogP contribution in [0.3, 0.4) is 0 Å². The van der Waals surface area contributed by atoms with E-state index in [-0.39, 0.29) is 16.2 Å². The normalized spacial score (nSPS) is 12.6. The van der Waals surface area contributed by atoms with E-state index in [9.17, 15) is 5.26 Å². The fourth-order valence-electron chi connectivity index (χ4n) is 11.1. The minimum atomic E-state index is -0.0758. The maximum atomic E-state index is 10.9. The van der Waals surface area contributed by atoms with Crippen molar-refractivity contribution in [1.29, 1.82) is 5.26 Å². The van der Waals surface area contributed by atoms with E-state index in [2.05, 4.69) is 258 Å². The Morgan fingerprint density at radius 1 is 0.389 bits per heavy atom. The molecule has 0 fully saturated rings. The molecule has 4 aromatic heterocycles. The minimum absolute atomic E-state index is 0.0647. The standard InChI is InChI=1S/C67H59N5/c1-41-28-29-43(36-44(41)40-68)60-62(70-54-25-17-14-22-48(54)51-37-45(65(2,3)4)30-33-57(51)70)61(42-20-12-11-13-21-42)69-64(72-56-27-19-16-24-50(56)53-39-47(67(8,9)10)32-35-59(53)72)63(60)71-55-26-18-15-23-49(55)52-38-46(66(5,6)7)31-34-58(52)71/h11-39H,1-10H3. The van der Waals surface area contributed by atoms with Crippen molar-refractivity contribution in [3.8, 4) is 45.6 Å².